The largest absolute Gasteiger partial charge is 0.497 e. The van der Waals surface area contributed by atoms with E-state index in [0.717, 1.165) is 5.56 Å². The van der Waals surface area contributed by atoms with Gasteiger partial charge in [0.05, 0.1) is 13.0 Å². The number of amides is 2. The quantitative estimate of drug-likeness (QED) is 0.513. The number of carboxylic acids is 2. The molecule has 0 saturated carbocycles. The van der Waals surface area contributed by atoms with Gasteiger partial charge >= 0.3 is 11.9 Å². The normalized spacial score (nSPS) is 25.1. The zero-order valence-electron chi connectivity index (χ0n) is 16.8. The Morgan fingerprint density at radius 1 is 1.23 bits per heavy atom. The summed E-state index contributed by atoms with van der Waals surface area (Å²) in [7, 11) is 1.53. The molecular formula is C20H24N2O7S. The standard InChI is InChI=1S/C20H24N2O7S/c1-20(2)15(19(27)28)22-16(24)14(17(22)30-20)21-13(23)9-11(18(25)26)8-10-4-6-12(29-3)7-5-10/h4-7,11,14-15,17H,8-9H2,1-3H3,(H,21,23)(H,25,26)(H,27,28)/t11?,14-,15+,17-/m1/s1. The van der Waals surface area contributed by atoms with Gasteiger partial charge in [0.2, 0.25) is 11.8 Å². The Morgan fingerprint density at radius 2 is 1.87 bits per heavy atom. The summed E-state index contributed by atoms with van der Waals surface area (Å²) >= 11 is 1.32. The van der Waals surface area contributed by atoms with Crippen LogP contribution in [0.15, 0.2) is 24.3 Å². The summed E-state index contributed by atoms with van der Waals surface area (Å²) in [5.74, 6) is -3.51. The molecule has 0 aliphatic carbocycles. The van der Waals surface area contributed by atoms with E-state index < -0.39 is 51.9 Å². The first-order valence-electron chi connectivity index (χ1n) is 9.43. The van der Waals surface area contributed by atoms with Gasteiger partial charge in [0.15, 0.2) is 0 Å². The number of carbonyl (C=O) groups excluding carboxylic acids is 2. The number of hydrogen-bond acceptors (Lipinski definition) is 6. The molecule has 2 fully saturated rings. The summed E-state index contributed by atoms with van der Waals surface area (Å²) in [4.78, 5) is 49.4. The first-order chi connectivity index (χ1) is 14.0. The molecule has 0 radical (unpaired) electrons. The molecule has 0 aromatic heterocycles. The third kappa shape index (κ3) is 4.09. The van der Waals surface area contributed by atoms with Gasteiger partial charge in [-0.2, -0.15) is 0 Å². The van der Waals surface area contributed by atoms with E-state index >= 15 is 0 Å². The van der Waals surface area contributed by atoms with Crippen molar-refractivity contribution in [2.45, 2.75) is 48.9 Å². The molecule has 9 nitrogen and oxygen atoms in total. The van der Waals surface area contributed by atoms with E-state index in [4.69, 9.17) is 4.74 Å². The third-order valence-electron chi connectivity index (χ3n) is 5.41. The molecule has 162 valence electrons. The van der Waals surface area contributed by atoms with Crippen LogP contribution in [0, 0.1) is 5.92 Å². The molecule has 2 heterocycles. The summed E-state index contributed by atoms with van der Waals surface area (Å²) in [5, 5.41) is 21.1. The van der Waals surface area contributed by atoms with Crippen LogP contribution in [0.5, 0.6) is 5.75 Å². The predicted octanol–water partition coefficient (Wildman–Crippen LogP) is 0.960. The maximum absolute atomic E-state index is 12.5. The Hall–Kier alpha value is -2.75. The molecule has 2 amide bonds. The topological polar surface area (TPSA) is 133 Å². The highest BCUT2D eigenvalue weighted by molar-refractivity contribution is 8.01. The molecule has 2 saturated heterocycles. The second-order valence-electron chi connectivity index (χ2n) is 7.93. The van der Waals surface area contributed by atoms with Gasteiger partial charge in [0, 0.05) is 11.2 Å². The van der Waals surface area contributed by atoms with Crippen LogP contribution < -0.4 is 10.1 Å². The molecule has 0 bridgehead atoms. The molecule has 4 atom stereocenters. The number of carboxylic acid groups (broad SMARTS) is 2. The zero-order chi connectivity index (χ0) is 22.2. The second-order valence-corrected chi connectivity index (χ2v) is 9.71. The second kappa shape index (κ2) is 8.17. The van der Waals surface area contributed by atoms with Crippen LogP contribution in [0.25, 0.3) is 0 Å². The molecule has 2 aliphatic heterocycles. The van der Waals surface area contributed by atoms with Crippen molar-refractivity contribution in [3.8, 4) is 5.75 Å². The highest BCUT2D eigenvalue weighted by atomic mass is 32.2. The van der Waals surface area contributed by atoms with Gasteiger partial charge in [0.25, 0.3) is 0 Å². The fraction of sp³-hybridized carbons (Fsp3) is 0.500. The number of ether oxygens (including phenoxy) is 1. The Kier molecular flexibility index (Phi) is 5.98. The average Bonchev–Trinajstić information content (AvgIpc) is 2.94. The summed E-state index contributed by atoms with van der Waals surface area (Å²) in [6.07, 6.45) is -0.127. The number of thioether (sulfide) groups is 1. The van der Waals surface area contributed by atoms with Crippen LogP contribution in [0.1, 0.15) is 25.8 Å². The van der Waals surface area contributed by atoms with Crippen LogP contribution in [-0.4, -0.2) is 68.2 Å². The third-order valence-corrected chi connectivity index (χ3v) is 6.99. The average molecular weight is 436 g/mol. The van der Waals surface area contributed by atoms with Gasteiger partial charge in [-0.15, -0.1) is 11.8 Å². The molecular weight excluding hydrogens is 412 g/mol. The fourth-order valence-electron chi connectivity index (χ4n) is 3.89. The van der Waals surface area contributed by atoms with Gasteiger partial charge in [-0.1, -0.05) is 12.1 Å². The predicted molar refractivity (Wildman–Crippen MR) is 108 cm³/mol. The lowest BCUT2D eigenvalue weighted by Crippen LogP contribution is -2.70. The van der Waals surface area contributed by atoms with Crippen molar-refractivity contribution in [3.05, 3.63) is 29.8 Å². The number of hydrogen-bond donors (Lipinski definition) is 3. The Labute approximate surface area is 177 Å². The number of rotatable bonds is 8. The minimum Gasteiger partial charge on any atom is -0.497 e. The number of methoxy groups -OCH3 is 1. The number of β-lactam (4-membered cyclic amide) rings is 1. The van der Waals surface area contributed by atoms with Crippen molar-refractivity contribution in [1.82, 2.24) is 10.2 Å². The summed E-state index contributed by atoms with van der Waals surface area (Å²) in [6.45, 7) is 3.49. The van der Waals surface area contributed by atoms with E-state index in [-0.39, 0.29) is 12.8 Å². The van der Waals surface area contributed by atoms with Crippen molar-refractivity contribution >= 4 is 35.5 Å². The van der Waals surface area contributed by atoms with E-state index in [2.05, 4.69) is 5.32 Å². The summed E-state index contributed by atoms with van der Waals surface area (Å²) in [6, 6.07) is 5.10. The lowest BCUT2D eigenvalue weighted by Gasteiger charge is -2.43. The Bertz CT molecular complexity index is 870. The molecule has 3 rings (SSSR count). The molecule has 1 unspecified atom stereocenters. The lowest BCUT2D eigenvalue weighted by atomic mass is 9.94. The maximum atomic E-state index is 12.5. The van der Waals surface area contributed by atoms with Gasteiger partial charge in [-0.05, 0) is 38.0 Å². The molecule has 2 aliphatic rings. The number of benzene rings is 1. The molecule has 3 N–H and O–H groups in total. The first kappa shape index (κ1) is 21.9. The minimum absolute atomic E-state index is 0.157. The van der Waals surface area contributed by atoms with Crippen molar-refractivity contribution in [1.29, 1.82) is 0 Å². The van der Waals surface area contributed by atoms with E-state index in [1.165, 1.54) is 23.8 Å². The van der Waals surface area contributed by atoms with Crippen LogP contribution in [0.3, 0.4) is 0 Å². The monoisotopic (exact) mass is 436 g/mol. The molecule has 1 aromatic carbocycles. The minimum atomic E-state index is -1.11. The number of carbonyl (C=O) groups is 4. The van der Waals surface area contributed by atoms with E-state index in [1.54, 1.807) is 38.1 Å². The number of nitrogens with one attached hydrogen (secondary N) is 1. The van der Waals surface area contributed by atoms with Gasteiger partial charge in [0.1, 0.15) is 23.2 Å². The van der Waals surface area contributed by atoms with Crippen LogP contribution >= 0.6 is 11.8 Å². The number of nitrogens with zero attached hydrogens (tertiary/aromatic N) is 1. The maximum Gasteiger partial charge on any atom is 0.327 e. The fourth-order valence-corrected chi connectivity index (χ4v) is 5.52. The highest BCUT2D eigenvalue weighted by Crippen LogP contribution is 2.50. The molecule has 30 heavy (non-hydrogen) atoms. The lowest BCUT2D eigenvalue weighted by molar-refractivity contribution is -0.161. The van der Waals surface area contributed by atoms with E-state index in [0.29, 0.717) is 5.75 Å². The number of fused-ring (bicyclic) bond motifs is 1. The van der Waals surface area contributed by atoms with E-state index in [9.17, 15) is 29.4 Å². The SMILES string of the molecule is COc1ccc(CC(CC(=O)N[C@@H]2C(=O)N3[C@@H]2SC(C)(C)[C@@H]3C(=O)O)C(=O)O)cc1. The van der Waals surface area contributed by atoms with Gasteiger partial charge < -0.3 is 25.2 Å². The molecule has 1 aromatic rings. The van der Waals surface area contributed by atoms with Crippen molar-refractivity contribution in [2.75, 3.05) is 7.11 Å². The zero-order valence-corrected chi connectivity index (χ0v) is 17.6. The van der Waals surface area contributed by atoms with Crippen LogP contribution in [0.2, 0.25) is 0 Å². The van der Waals surface area contributed by atoms with E-state index in [1.807, 2.05) is 0 Å². The van der Waals surface area contributed by atoms with Gasteiger partial charge in [-0.25, -0.2) is 4.79 Å². The Morgan fingerprint density at radius 3 is 2.40 bits per heavy atom. The van der Waals surface area contributed by atoms with Crippen molar-refractivity contribution < 1.29 is 34.1 Å². The summed E-state index contributed by atoms with van der Waals surface area (Å²) in [5.41, 5.74) is 0.749. The smallest absolute Gasteiger partial charge is 0.327 e. The molecule has 0 spiro atoms. The molecule has 10 heteroatoms. The highest BCUT2D eigenvalue weighted by Gasteiger charge is 2.64. The number of aliphatic carboxylic acids is 2. The summed E-state index contributed by atoms with van der Waals surface area (Å²) < 4.78 is 4.38. The van der Waals surface area contributed by atoms with Gasteiger partial charge in [-0.3, -0.25) is 14.4 Å². The van der Waals surface area contributed by atoms with Crippen LogP contribution in [-0.2, 0) is 25.6 Å². The van der Waals surface area contributed by atoms with Crippen LogP contribution in [0.4, 0.5) is 0 Å². The van der Waals surface area contributed by atoms with Crippen molar-refractivity contribution in [2.24, 2.45) is 5.92 Å². The van der Waals surface area contributed by atoms with Crippen molar-refractivity contribution in [3.63, 3.8) is 0 Å². The Balaban J connectivity index is 1.62. The first-order valence-corrected chi connectivity index (χ1v) is 10.3.